The van der Waals surface area contributed by atoms with Crippen LogP contribution in [0.3, 0.4) is 0 Å². The van der Waals surface area contributed by atoms with Crippen LogP contribution in [0.1, 0.15) is 25.5 Å². The molecule has 3 heteroatoms. The third-order valence-corrected chi connectivity index (χ3v) is 2.70. The molecule has 0 saturated heterocycles. The molecule has 0 unspecified atom stereocenters. The summed E-state index contributed by atoms with van der Waals surface area (Å²) in [4.78, 5) is 0. The lowest BCUT2D eigenvalue weighted by Gasteiger charge is -2.08. The molecule has 15 heavy (non-hydrogen) atoms. The molecule has 1 aromatic carbocycles. The average Bonchev–Trinajstić information content (AvgIpc) is 2.58. The molecular weight excluding hydrogens is 188 g/mol. The van der Waals surface area contributed by atoms with E-state index in [-0.39, 0.29) is 6.61 Å². The molecule has 1 aromatic heterocycles. The molecule has 0 radical (unpaired) electrons. The zero-order valence-electron chi connectivity index (χ0n) is 9.07. The molecule has 2 rings (SSSR count). The van der Waals surface area contributed by atoms with Crippen LogP contribution in [-0.4, -0.2) is 9.67 Å². The highest BCUT2D eigenvalue weighted by Crippen LogP contribution is 2.29. The standard InChI is InChI=1S/C12H16N2O/c1-8(2)14-6-9(7-15)12-10(13)4-3-5-11(12)14/h3-6,8,15H,7,13H2,1-2H3. The van der Waals surface area contributed by atoms with Crippen LogP contribution in [0, 0.1) is 0 Å². The Morgan fingerprint density at radius 2 is 2.13 bits per heavy atom. The molecule has 1 heterocycles. The molecule has 0 bridgehead atoms. The van der Waals surface area contributed by atoms with Crippen LogP contribution in [0.2, 0.25) is 0 Å². The van der Waals surface area contributed by atoms with Crippen LogP contribution < -0.4 is 5.73 Å². The van der Waals surface area contributed by atoms with Crippen molar-refractivity contribution in [1.29, 1.82) is 0 Å². The molecule has 0 aliphatic carbocycles. The minimum atomic E-state index is 0.0322. The minimum absolute atomic E-state index is 0.0322. The fourth-order valence-electron chi connectivity index (χ4n) is 1.97. The summed E-state index contributed by atoms with van der Waals surface area (Å²) in [7, 11) is 0. The Morgan fingerprint density at radius 3 is 2.73 bits per heavy atom. The second-order valence-electron chi connectivity index (χ2n) is 4.05. The Balaban J connectivity index is 2.81. The number of nitrogen functional groups attached to an aromatic ring is 1. The third kappa shape index (κ3) is 1.49. The molecule has 2 aromatic rings. The van der Waals surface area contributed by atoms with Gasteiger partial charge in [0.15, 0.2) is 0 Å². The van der Waals surface area contributed by atoms with Crippen molar-refractivity contribution in [2.45, 2.75) is 26.5 Å². The molecule has 0 aliphatic rings. The van der Waals surface area contributed by atoms with E-state index in [1.807, 2.05) is 24.4 Å². The van der Waals surface area contributed by atoms with Crippen LogP contribution >= 0.6 is 0 Å². The summed E-state index contributed by atoms with van der Waals surface area (Å²) in [5.74, 6) is 0. The zero-order chi connectivity index (χ0) is 11.0. The molecule has 80 valence electrons. The van der Waals surface area contributed by atoms with Crippen molar-refractivity contribution in [3.05, 3.63) is 30.0 Å². The highest BCUT2D eigenvalue weighted by Gasteiger charge is 2.11. The molecule has 3 nitrogen and oxygen atoms in total. The molecule has 0 saturated carbocycles. The lowest BCUT2D eigenvalue weighted by Crippen LogP contribution is -1.98. The van der Waals surface area contributed by atoms with Gasteiger partial charge in [0.25, 0.3) is 0 Å². The molecule has 0 spiro atoms. The van der Waals surface area contributed by atoms with Gasteiger partial charge in [0.1, 0.15) is 0 Å². The number of aliphatic hydroxyl groups is 1. The van der Waals surface area contributed by atoms with E-state index >= 15 is 0 Å². The quantitative estimate of drug-likeness (QED) is 0.737. The molecule has 0 atom stereocenters. The summed E-state index contributed by atoms with van der Waals surface area (Å²) < 4.78 is 2.14. The fraction of sp³-hybridized carbons (Fsp3) is 0.333. The van der Waals surface area contributed by atoms with Gasteiger partial charge in [0, 0.05) is 28.9 Å². The van der Waals surface area contributed by atoms with Crippen molar-refractivity contribution in [3.8, 4) is 0 Å². The molecule has 0 fully saturated rings. The van der Waals surface area contributed by atoms with E-state index < -0.39 is 0 Å². The topological polar surface area (TPSA) is 51.2 Å². The SMILES string of the molecule is CC(C)n1cc(CO)c2c(N)cccc21. The van der Waals surface area contributed by atoms with E-state index in [9.17, 15) is 5.11 Å². The Morgan fingerprint density at radius 1 is 1.40 bits per heavy atom. The zero-order valence-corrected chi connectivity index (χ0v) is 9.07. The number of hydrogen-bond acceptors (Lipinski definition) is 2. The van der Waals surface area contributed by atoms with E-state index in [0.717, 1.165) is 22.2 Å². The van der Waals surface area contributed by atoms with Gasteiger partial charge in [-0.2, -0.15) is 0 Å². The highest BCUT2D eigenvalue weighted by molar-refractivity contribution is 5.94. The van der Waals surface area contributed by atoms with E-state index in [1.165, 1.54) is 0 Å². The van der Waals surface area contributed by atoms with Crippen LogP contribution in [0.4, 0.5) is 5.69 Å². The van der Waals surface area contributed by atoms with Crippen molar-refractivity contribution in [3.63, 3.8) is 0 Å². The number of fused-ring (bicyclic) bond motifs is 1. The first kappa shape index (κ1) is 10.1. The third-order valence-electron chi connectivity index (χ3n) is 2.70. The maximum absolute atomic E-state index is 9.29. The van der Waals surface area contributed by atoms with E-state index in [4.69, 9.17) is 5.73 Å². The maximum atomic E-state index is 9.29. The van der Waals surface area contributed by atoms with E-state index in [2.05, 4.69) is 18.4 Å². The van der Waals surface area contributed by atoms with Gasteiger partial charge < -0.3 is 15.4 Å². The Labute approximate surface area is 89.1 Å². The first-order valence-corrected chi connectivity index (χ1v) is 5.14. The van der Waals surface area contributed by atoms with Gasteiger partial charge in [-0.05, 0) is 26.0 Å². The van der Waals surface area contributed by atoms with Crippen molar-refractivity contribution >= 4 is 16.6 Å². The second kappa shape index (κ2) is 3.59. The fourth-order valence-corrected chi connectivity index (χ4v) is 1.97. The number of aromatic nitrogens is 1. The van der Waals surface area contributed by atoms with Gasteiger partial charge in [0.05, 0.1) is 12.1 Å². The molecule has 3 N–H and O–H groups in total. The molecular formula is C12H16N2O. The maximum Gasteiger partial charge on any atom is 0.0703 e. The second-order valence-corrected chi connectivity index (χ2v) is 4.05. The Bertz CT molecular complexity index is 486. The predicted molar refractivity (Wildman–Crippen MR) is 62.7 cm³/mol. The Kier molecular flexibility index (Phi) is 2.40. The van der Waals surface area contributed by atoms with Crippen molar-refractivity contribution in [1.82, 2.24) is 4.57 Å². The largest absolute Gasteiger partial charge is 0.398 e. The van der Waals surface area contributed by atoms with E-state index in [1.54, 1.807) is 0 Å². The van der Waals surface area contributed by atoms with Crippen molar-refractivity contribution < 1.29 is 5.11 Å². The summed E-state index contributed by atoms with van der Waals surface area (Å²) in [5.41, 5.74) is 8.65. The van der Waals surface area contributed by atoms with Crippen LogP contribution in [0.15, 0.2) is 24.4 Å². The lowest BCUT2D eigenvalue weighted by atomic mass is 10.1. The van der Waals surface area contributed by atoms with Gasteiger partial charge in [-0.15, -0.1) is 0 Å². The summed E-state index contributed by atoms with van der Waals surface area (Å²) in [5, 5.41) is 10.3. The predicted octanol–water partition coefficient (Wildman–Crippen LogP) is 2.30. The van der Waals surface area contributed by atoms with Crippen molar-refractivity contribution in [2.24, 2.45) is 0 Å². The Hall–Kier alpha value is -1.48. The summed E-state index contributed by atoms with van der Waals surface area (Å²) in [6, 6.07) is 6.21. The van der Waals surface area contributed by atoms with Crippen LogP contribution in [0.5, 0.6) is 0 Å². The summed E-state index contributed by atoms with van der Waals surface area (Å²) >= 11 is 0. The number of aliphatic hydroxyl groups excluding tert-OH is 1. The summed E-state index contributed by atoms with van der Waals surface area (Å²) in [6.45, 7) is 4.26. The smallest absolute Gasteiger partial charge is 0.0703 e. The van der Waals surface area contributed by atoms with Crippen molar-refractivity contribution in [2.75, 3.05) is 5.73 Å². The number of nitrogens with zero attached hydrogens (tertiary/aromatic N) is 1. The number of rotatable bonds is 2. The highest BCUT2D eigenvalue weighted by atomic mass is 16.3. The lowest BCUT2D eigenvalue weighted by molar-refractivity contribution is 0.283. The normalized spacial score (nSPS) is 11.5. The monoisotopic (exact) mass is 204 g/mol. The van der Waals surface area contributed by atoms with Crippen LogP contribution in [-0.2, 0) is 6.61 Å². The first-order chi connectivity index (χ1) is 7.15. The summed E-state index contributed by atoms with van der Waals surface area (Å²) in [6.07, 6.45) is 1.98. The van der Waals surface area contributed by atoms with Gasteiger partial charge in [-0.3, -0.25) is 0 Å². The number of benzene rings is 1. The minimum Gasteiger partial charge on any atom is -0.398 e. The van der Waals surface area contributed by atoms with Gasteiger partial charge in [-0.25, -0.2) is 0 Å². The van der Waals surface area contributed by atoms with E-state index in [0.29, 0.717) is 6.04 Å². The van der Waals surface area contributed by atoms with Gasteiger partial charge in [0.2, 0.25) is 0 Å². The van der Waals surface area contributed by atoms with Gasteiger partial charge >= 0.3 is 0 Å². The van der Waals surface area contributed by atoms with Gasteiger partial charge in [-0.1, -0.05) is 6.07 Å². The average molecular weight is 204 g/mol. The number of hydrogen-bond donors (Lipinski definition) is 2. The number of anilines is 1. The number of nitrogens with two attached hydrogens (primary N) is 1. The molecule has 0 aliphatic heterocycles. The van der Waals surface area contributed by atoms with Crippen LogP contribution in [0.25, 0.3) is 10.9 Å². The first-order valence-electron chi connectivity index (χ1n) is 5.14. The molecule has 0 amide bonds.